The van der Waals surface area contributed by atoms with Crippen LogP contribution in [-0.4, -0.2) is 30.1 Å². The molecule has 0 spiro atoms. The highest BCUT2D eigenvalue weighted by molar-refractivity contribution is 7.20. The van der Waals surface area contributed by atoms with Gasteiger partial charge in [0.1, 0.15) is 5.75 Å². The topological polar surface area (TPSA) is 89.5 Å². The summed E-state index contributed by atoms with van der Waals surface area (Å²) >= 11 is 1.47. The zero-order valence-electron chi connectivity index (χ0n) is 16.1. The quantitative estimate of drug-likeness (QED) is 0.647. The zero-order valence-corrected chi connectivity index (χ0v) is 16.9. The summed E-state index contributed by atoms with van der Waals surface area (Å²) in [5, 5.41) is 5.63. The number of nitrogens with zero attached hydrogens (tertiary/aromatic N) is 1. The maximum absolute atomic E-state index is 12.1. The summed E-state index contributed by atoms with van der Waals surface area (Å²) in [4.78, 5) is 28.6. The Balaban J connectivity index is 1.35. The number of para-hydroxylation sites is 1. The second-order valence-corrected chi connectivity index (χ2v) is 7.99. The number of nitrogens with one attached hydrogen (secondary N) is 2. The number of fused-ring (bicyclic) bond motifs is 1. The first-order valence-electron chi connectivity index (χ1n) is 9.30. The van der Waals surface area contributed by atoms with E-state index < -0.39 is 6.03 Å². The van der Waals surface area contributed by atoms with Crippen molar-refractivity contribution in [2.75, 3.05) is 12.4 Å². The van der Waals surface area contributed by atoms with Gasteiger partial charge in [-0.2, -0.15) is 0 Å². The van der Waals surface area contributed by atoms with E-state index in [2.05, 4.69) is 15.6 Å². The summed E-state index contributed by atoms with van der Waals surface area (Å²) in [7, 11) is 1.62. The largest absolute Gasteiger partial charge is 0.431 e. The van der Waals surface area contributed by atoms with Crippen molar-refractivity contribution in [3.8, 4) is 10.9 Å². The lowest BCUT2D eigenvalue weighted by Gasteiger charge is -2.32. The molecule has 4 rings (SSSR count). The number of benzene rings is 2. The molecule has 29 heavy (non-hydrogen) atoms. The second kappa shape index (κ2) is 8.18. The van der Waals surface area contributed by atoms with E-state index in [0.29, 0.717) is 29.5 Å². The minimum absolute atomic E-state index is 0.111. The number of urea groups is 1. The van der Waals surface area contributed by atoms with E-state index in [1.807, 2.05) is 31.2 Å². The molecule has 150 valence electrons. The first-order valence-corrected chi connectivity index (χ1v) is 10.1. The Labute approximate surface area is 172 Å². The summed E-state index contributed by atoms with van der Waals surface area (Å²) in [5.74, 6) is 0.214. The van der Waals surface area contributed by atoms with Crippen molar-refractivity contribution in [1.82, 2.24) is 10.3 Å². The molecule has 0 unspecified atom stereocenters. The van der Waals surface area contributed by atoms with Gasteiger partial charge >= 0.3 is 6.03 Å². The van der Waals surface area contributed by atoms with Gasteiger partial charge in [0.2, 0.25) is 5.91 Å². The van der Waals surface area contributed by atoms with E-state index in [0.717, 1.165) is 15.8 Å². The number of carbonyl (C=O) groups excluding carboxylic acids is 2. The third-order valence-corrected chi connectivity index (χ3v) is 5.85. The minimum atomic E-state index is -0.546. The van der Waals surface area contributed by atoms with Crippen LogP contribution in [0.3, 0.4) is 0 Å². The summed E-state index contributed by atoms with van der Waals surface area (Å²) in [6.45, 7) is 1.89. The van der Waals surface area contributed by atoms with Gasteiger partial charge < -0.3 is 14.8 Å². The Kier molecular flexibility index (Phi) is 5.46. The molecular weight excluding hydrogens is 390 g/mol. The third-order valence-electron chi connectivity index (χ3n) is 4.94. The van der Waals surface area contributed by atoms with Crippen molar-refractivity contribution >= 4 is 39.2 Å². The van der Waals surface area contributed by atoms with Crippen LogP contribution in [0.2, 0.25) is 0 Å². The van der Waals surface area contributed by atoms with E-state index in [-0.39, 0.29) is 17.9 Å². The number of rotatable bonds is 5. The maximum atomic E-state index is 12.1. The van der Waals surface area contributed by atoms with Gasteiger partial charge in [-0.1, -0.05) is 23.5 Å². The lowest BCUT2D eigenvalue weighted by molar-refractivity contribution is -0.131. The molecule has 7 nitrogen and oxygen atoms in total. The lowest BCUT2D eigenvalue weighted by Crippen LogP contribution is -2.45. The van der Waals surface area contributed by atoms with E-state index in [9.17, 15) is 9.59 Å². The Hall–Kier alpha value is -2.97. The molecule has 1 aromatic heterocycles. The fourth-order valence-corrected chi connectivity index (χ4v) is 4.01. The predicted molar refractivity (Wildman–Crippen MR) is 112 cm³/mol. The number of anilines is 1. The number of thiazole rings is 1. The molecule has 0 bridgehead atoms. The van der Waals surface area contributed by atoms with Crippen LogP contribution in [-0.2, 0) is 9.53 Å². The highest BCUT2D eigenvalue weighted by Gasteiger charge is 2.35. The van der Waals surface area contributed by atoms with Gasteiger partial charge in [0, 0.05) is 18.7 Å². The smallest absolute Gasteiger partial charge is 0.325 e. The lowest BCUT2D eigenvalue weighted by atomic mass is 9.81. The molecular formula is C21H21N3O4S. The number of ether oxygens (including phenoxy) is 2. The van der Waals surface area contributed by atoms with Crippen LogP contribution in [0, 0.1) is 12.8 Å². The normalized spacial score (nSPS) is 18.1. The van der Waals surface area contributed by atoms with Gasteiger partial charge in [-0.3, -0.25) is 10.1 Å². The molecule has 8 heteroatoms. The van der Waals surface area contributed by atoms with Crippen LogP contribution in [0.25, 0.3) is 10.2 Å². The fraction of sp³-hybridized carbons (Fsp3) is 0.286. The second-order valence-electron chi connectivity index (χ2n) is 7.00. The fourth-order valence-electron chi connectivity index (χ4n) is 3.18. The number of hydrogen-bond donors (Lipinski definition) is 2. The number of aromatic nitrogens is 1. The first kappa shape index (κ1) is 19.4. The highest BCUT2D eigenvalue weighted by Crippen LogP contribution is 2.33. The molecule has 2 aromatic carbocycles. The van der Waals surface area contributed by atoms with Gasteiger partial charge in [-0.25, -0.2) is 9.78 Å². The average molecular weight is 411 g/mol. The van der Waals surface area contributed by atoms with Gasteiger partial charge in [0.15, 0.2) is 0 Å². The monoisotopic (exact) mass is 411 g/mol. The SMILES string of the molecule is COC1CC(C(=O)NC(=O)Nc2ccc(Oc3nc4ccccc4s3)c(C)c2)C1. The van der Waals surface area contributed by atoms with Gasteiger partial charge in [0.25, 0.3) is 5.19 Å². The molecule has 1 heterocycles. The van der Waals surface area contributed by atoms with Crippen molar-refractivity contribution in [2.45, 2.75) is 25.9 Å². The molecule has 0 radical (unpaired) electrons. The zero-order chi connectivity index (χ0) is 20.4. The number of aryl methyl sites for hydroxylation is 1. The average Bonchev–Trinajstić information content (AvgIpc) is 3.05. The highest BCUT2D eigenvalue weighted by atomic mass is 32.1. The Morgan fingerprint density at radius 1 is 1.17 bits per heavy atom. The number of hydrogen-bond acceptors (Lipinski definition) is 6. The number of amides is 3. The Bertz CT molecular complexity index is 1030. The number of imide groups is 1. The third kappa shape index (κ3) is 4.38. The standard InChI is InChI=1S/C21H21N3O4S/c1-12-9-14(22-20(26)24-19(25)13-10-15(11-13)27-2)7-8-17(12)28-21-23-16-5-3-4-6-18(16)29-21/h3-9,13,15H,10-11H2,1-2H3,(H2,22,24,25,26). The Morgan fingerprint density at radius 2 is 1.97 bits per heavy atom. The van der Waals surface area contributed by atoms with Crippen molar-refractivity contribution in [1.29, 1.82) is 0 Å². The molecule has 3 amide bonds. The molecule has 2 N–H and O–H groups in total. The van der Waals surface area contributed by atoms with Crippen molar-refractivity contribution in [3.05, 3.63) is 48.0 Å². The molecule has 0 aliphatic heterocycles. The van der Waals surface area contributed by atoms with E-state index in [1.165, 1.54) is 11.3 Å². The molecule has 1 saturated carbocycles. The molecule has 1 aliphatic rings. The van der Waals surface area contributed by atoms with Crippen LogP contribution in [0.5, 0.6) is 10.9 Å². The van der Waals surface area contributed by atoms with Crippen LogP contribution in [0.4, 0.5) is 10.5 Å². The molecule has 3 aromatic rings. The van der Waals surface area contributed by atoms with E-state index in [1.54, 1.807) is 25.3 Å². The number of methoxy groups -OCH3 is 1. The molecule has 0 atom stereocenters. The van der Waals surface area contributed by atoms with Crippen LogP contribution in [0.1, 0.15) is 18.4 Å². The van der Waals surface area contributed by atoms with Gasteiger partial charge in [-0.05, 0) is 55.7 Å². The van der Waals surface area contributed by atoms with Crippen molar-refractivity contribution in [2.24, 2.45) is 5.92 Å². The maximum Gasteiger partial charge on any atom is 0.325 e. The first-order chi connectivity index (χ1) is 14.0. The minimum Gasteiger partial charge on any atom is -0.431 e. The summed E-state index contributed by atoms with van der Waals surface area (Å²) in [6.07, 6.45) is 1.40. The van der Waals surface area contributed by atoms with E-state index >= 15 is 0 Å². The molecule has 1 aliphatic carbocycles. The van der Waals surface area contributed by atoms with Crippen molar-refractivity contribution in [3.63, 3.8) is 0 Å². The van der Waals surface area contributed by atoms with Gasteiger partial charge in [0.05, 0.1) is 16.3 Å². The Morgan fingerprint density at radius 3 is 2.69 bits per heavy atom. The van der Waals surface area contributed by atoms with Crippen LogP contribution < -0.4 is 15.4 Å². The van der Waals surface area contributed by atoms with Crippen LogP contribution in [0.15, 0.2) is 42.5 Å². The summed E-state index contributed by atoms with van der Waals surface area (Å²) in [5.41, 5.74) is 2.32. The summed E-state index contributed by atoms with van der Waals surface area (Å²) < 4.78 is 12.1. The molecule has 0 saturated heterocycles. The number of carbonyl (C=O) groups is 2. The van der Waals surface area contributed by atoms with Crippen molar-refractivity contribution < 1.29 is 19.1 Å². The van der Waals surface area contributed by atoms with E-state index in [4.69, 9.17) is 9.47 Å². The van der Waals surface area contributed by atoms with Crippen LogP contribution >= 0.6 is 11.3 Å². The predicted octanol–water partition coefficient (Wildman–Crippen LogP) is 4.47. The molecule has 1 fully saturated rings. The van der Waals surface area contributed by atoms with Gasteiger partial charge in [-0.15, -0.1) is 0 Å². The summed E-state index contributed by atoms with van der Waals surface area (Å²) in [6, 6.07) is 12.6.